The van der Waals surface area contributed by atoms with Crippen LogP contribution < -0.4 is 5.32 Å². The van der Waals surface area contributed by atoms with Crippen molar-refractivity contribution in [1.29, 1.82) is 0 Å². The van der Waals surface area contributed by atoms with Gasteiger partial charge in [-0.05, 0) is 18.6 Å². The van der Waals surface area contributed by atoms with Crippen LogP contribution in [-0.2, 0) is 11.5 Å². The minimum atomic E-state index is 0.721. The number of thioether (sulfide) groups is 1. The molecule has 1 N–H and O–H groups in total. The number of aromatic nitrogens is 3. The Hall–Kier alpha value is -1.62. The quantitative estimate of drug-likeness (QED) is 0.897. The van der Waals surface area contributed by atoms with Crippen molar-refractivity contribution in [2.24, 2.45) is 0 Å². The van der Waals surface area contributed by atoms with Crippen molar-refractivity contribution >= 4 is 17.6 Å². The fraction of sp³-hybridized carbons (Fsp3) is 0.308. The van der Waals surface area contributed by atoms with E-state index >= 15 is 0 Å². The number of nitrogens with one attached hydrogen (secondary N) is 1. The van der Waals surface area contributed by atoms with Gasteiger partial charge in [0.2, 0.25) is 0 Å². The van der Waals surface area contributed by atoms with Crippen LogP contribution in [-0.4, -0.2) is 22.0 Å². The lowest BCUT2D eigenvalue weighted by Crippen LogP contribution is -2.04. The summed E-state index contributed by atoms with van der Waals surface area (Å²) in [7, 11) is 1.90. The molecule has 3 heterocycles. The summed E-state index contributed by atoms with van der Waals surface area (Å²) in [6, 6.07) is 3.97. The van der Waals surface area contributed by atoms with Gasteiger partial charge in [0.05, 0.1) is 5.69 Å². The Bertz CT molecular complexity index is 598. The average molecular weight is 258 g/mol. The normalized spacial score (nSPS) is 13.4. The summed E-state index contributed by atoms with van der Waals surface area (Å²) in [5.74, 6) is 3.61. The second-order valence-corrected chi connectivity index (χ2v) is 5.22. The minimum Gasteiger partial charge on any atom is -0.373 e. The van der Waals surface area contributed by atoms with E-state index in [-0.39, 0.29) is 0 Å². The summed E-state index contributed by atoms with van der Waals surface area (Å²) in [5, 5.41) is 3.16. The Morgan fingerprint density at radius 1 is 1.28 bits per heavy atom. The van der Waals surface area contributed by atoms with Gasteiger partial charge in [-0.1, -0.05) is 6.07 Å². The summed E-state index contributed by atoms with van der Waals surface area (Å²) in [6.07, 6.45) is 1.78. The molecule has 5 heteroatoms. The maximum atomic E-state index is 4.66. The van der Waals surface area contributed by atoms with Gasteiger partial charge < -0.3 is 5.32 Å². The van der Waals surface area contributed by atoms with Crippen LogP contribution in [0, 0.1) is 6.92 Å². The van der Waals surface area contributed by atoms with Crippen LogP contribution >= 0.6 is 11.8 Å². The summed E-state index contributed by atoms with van der Waals surface area (Å²) >= 11 is 1.88. The highest BCUT2D eigenvalue weighted by Gasteiger charge is 2.20. The summed E-state index contributed by atoms with van der Waals surface area (Å²) < 4.78 is 0. The zero-order valence-electron chi connectivity index (χ0n) is 10.4. The van der Waals surface area contributed by atoms with Crippen molar-refractivity contribution in [2.45, 2.75) is 18.4 Å². The molecule has 92 valence electrons. The molecule has 0 saturated heterocycles. The number of pyridine rings is 1. The third-order valence-electron chi connectivity index (χ3n) is 3.04. The molecule has 2 aromatic heterocycles. The molecular formula is C13H14N4S. The summed E-state index contributed by atoms with van der Waals surface area (Å²) in [6.45, 7) is 2.03. The fourth-order valence-corrected chi connectivity index (χ4v) is 3.13. The average Bonchev–Trinajstić information content (AvgIpc) is 2.86. The van der Waals surface area contributed by atoms with Crippen LogP contribution in [0.1, 0.15) is 16.8 Å². The molecule has 0 unspecified atom stereocenters. The van der Waals surface area contributed by atoms with Crippen molar-refractivity contribution in [1.82, 2.24) is 15.0 Å². The zero-order chi connectivity index (χ0) is 12.5. The maximum Gasteiger partial charge on any atom is 0.180 e. The molecule has 1 aliphatic heterocycles. The van der Waals surface area contributed by atoms with E-state index < -0.39 is 0 Å². The van der Waals surface area contributed by atoms with E-state index in [1.807, 2.05) is 37.9 Å². The van der Waals surface area contributed by atoms with E-state index in [2.05, 4.69) is 20.3 Å². The predicted octanol–water partition coefficient (Wildman–Crippen LogP) is 2.64. The summed E-state index contributed by atoms with van der Waals surface area (Å²) in [5.41, 5.74) is 4.35. The molecular weight excluding hydrogens is 244 g/mol. The molecule has 0 spiro atoms. The van der Waals surface area contributed by atoms with Crippen molar-refractivity contribution < 1.29 is 0 Å². The van der Waals surface area contributed by atoms with Crippen LogP contribution in [0.2, 0.25) is 0 Å². The molecule has 2 aromatic rings. The van der Waals surface area contributed by atoms with Gasteiger partial charge in [0.15, 0.2) is 5.82 Å². The second kappa shape index (κ2) is 4.57. The Morgan fingerprint density at radius 3 is 2.94 bits per heavy atom. The van der Waals surface area contributed by atoms with Gasteiger partial charge in [-0.2, -0.15) is 11.8 Å². The SMILES string of the molecule is CNc1nc(-c2ncccc2C)nc2c1CSC2. The lowest BCUT2D eigenvalue weighted by atomic mass is 10.2. The van der Waals surface area contributed by atoms with Gasteiger partial charge in [-0.15, -0.1) is 0 Å². The van der Waals surface area contributed by atoms with Gasteiger partial charge in [0.1, 0.15) is 11.5 Å². The van der Waals surface area contributed by atoms with Crippen LogP contribution in [0.25, 0.3) is 11.5 Å². The number of nitrogens with zero attached hydrogens (tertiary/aromatic N) is 3. The van der Waals surface area contributed by atoms with Crippen molar-refractivity contribution in [3.63, 3.8) is 0 Å². The largest absolute Gasteiger partial charge is 0.373 e. The van der Waals surface area contributed by atoms with Gasteiger partial charge in [-0.25, -0.2) is 9.97 Å². The number of rotatable bonds is 2. The molecule has 0 bridgehead atoms. The number of anilines is 1. The number of hydrogen-bond donors (Lipinski definition) is 1. The van der Waals surface area contributed by atoms with Gasteiger partial charge >= 0.3 is 0 Å². The van der Waals surface area contributed by atoms with E-state index in [1.54, 1.807) is 6.20 Å². The van der Waals surface area contributed by atoms with Crippen LogP contribution in [0.3, 0.4) is 0 Å². The number of hydrogen-bond acceptors (Lipinski definition) is 5. The monoisotopic (exact) mass is 258 g/mol. The molecule has 0 aromatic carbocycles. The molecule has 4 nitrogen and oxygen atoms in total. The lowest BCUT2D eigenvalue weighted by Gasteiger charge is -2.09. The molecule has 0 amide bonds. The number of aryl methyl sites for hydroxylation is 1. The van der Waals surface area contributed by atoms with E-state index in [0.29, 0.717) is 0 Å². The Kier molecular flexibility index (Phi) is 2.91. The first kappa shape index (κ1) is 11.5. The van der Waals surface area contributed by atoms with Gasteiger partial charge in [0, 0.05) is 30.3 Å². The smallest absolute Gasteiger partial charge is 0.180 e. The van der Waals surface area contributed by atoms with E-state index in [4.69, 9.17) is 0 Å². The third kappa shape index (κ3) is 1.84. The van der Waals surface area contributed by atoms with Crippen LogP contribution in [0.5, 0.6) is 0 Å². The van der Waals surface area contributed by atoms with Crippen molar-refractivity contribution in [3.05, 3.63) is 35.2 Å². The van der Waals surface area contributed by atoms with Crippen molar-refractivity contribution in [2.75, 3.05) is 12.4 Å². The van der Waals surface area contributed by atoms with E-state index in [1.165, 1.54) is 5.56 Å². The molecule has 0 atom stereocenters. The highest BCUT2D eigenvalue weighted by molar-refractivity contribution is 7.98. The first-order chi connectivity index (χ1) is 8.79. The fourth-order valence-electron chi connectivity index (χ4n) is 2.08. The molecule has 0 aliphatic carbocycles. The first-order valence-corrected chi connectivity index (χ1v) is 7.02. The minimum absolute atomic E-state index is 0.721. The van der Waals surface area contributed by atoms with E-state index in [9.17, 15) is 0 Å². The molecule has 3 rings (SSSR count). The maximum absolute atomic E-state index is 4.66. The Morgan fingerprint density at radius 2 is 2.17 bits per heavy atom. The molecule has 0 radical (unpaired) electrons. The molecule has 0 fully saturated rings. The summed E-state index contributed by atoms with van der Waals surface area (Å²) in [4.78, 5) is 13.6. The highest BCUT2D eigenvalue weighted by atomic mass is 32.2. The topological polar surface area (TPSA) is 50.7 Å². The van der Waals surface area contributed by atoms with E-state index in [0.717, 1.165) is 40.1 Å². The lowest BCUT2D eigenvalue weighted by molar-refractivity contribution is 1.05. The molecule has 0 saturated carbocycles. The van der Waals surface area contributed by atoms with Crippen molar-refractivity contribution in [3.8, 4) is 11.5 Å². The molecule has 18 heavy (non-hydrogen) atoms. The first-order valence-electron chi connectivity index (χ1n) is 5.87. The van der Waals surface area contributed by atoms with Crippen LogP contribution in [0.15, 0.2) is 18.3 Å². The Labute approximate surface area is 110 Å². The highest BCUT2D eigenvalue weighted by Crippen LogP contribution is 2.34. The zero-order valence-corrected chi connectivity index (χ0v) is 11.2. The van der Waals surface area contributed by atoms with Gasteiger partial charge in [0.25, 0.3) is 0 Å². The number of fused-ring (bicyclic) bond motifs is 1. The third-order valence-corrected chi connectivity index (χ3v) is 4.01. The standard InChI is InChI=1S/C13H14N4S/c1-8-4-3-5-15-11(8)13-16-10-7-18-6-9(10)12(14-2)17-13/h3-5H,6-7H2,1-2H3,(H,14,16,17). The second-order valence-electron chi connectivity index (χ2n) is 4.23. The Balaban J connectivity index is 2.17. The predicted molar refractivity (Wildman–Crippen MR) is 74.5 cm³/mol. The molecule has 1 aliphatic rings. The van der Waals surface area contributed by atoms with Crippen LogP contribution in [0.4, 0.5) is 5.82 Å². The van der Waals surface area contributed by atoms with Gasteiger partial charge in [-0.3, -0.25) is 4.98 Å².